The summed E-state index contributed by atoms with van der Waals surface area (Å²) in [4.78, 5) is 10.3. The average molecular weight is 307 g/mol. The van der Waals surface area contributed by atoms with E-state index in [2.05, 4.69) is 0 Å². The Morgan fingerprint density at radius 1 is 1.47 bits per heavy atom. The molecule has 1 unspecified atom stereocenters. The zero-order chi connectivity index (χ0) is 14.6. The average Bonchev–Trinajstić information content (AvgIpc) is 2.34. The van der Waals surface area contributed by atoms with Gasteiger partial charge in [0, 0.05) is 18.1 Å². The number of nitrogens with zero attached hydrogens (tertiary/aromatic N) is 1. The van der Waals surface area contributed by atoms with Crippen molar-refractivity contribution in [1.29, 1.82) is 0 Å². The van der Waals surface area contributed by atoms with E-state index in [9.17, 15) is 23.6 Å². The van der Waals surface area contributed by atoms with Crippen molar-refractivity contribution >= 4 is 27.3 Å². The second-order valence-corrected chi connectivity index (χ2v) is 6.88. The van der Waals surface area contributed by atoms with E-state index in [0.717, 1.165) is 24.1 Å². The van der Waals surface area contributed by atoms with Crippen LogP contribution in [-0.4, -0.2) is 48.3 Å². The highest BCUT2D eigenvalue weighted by molar-refractivity contribution is 7.99. The number of benzene rings is 1. The zero-order valence-corrected chi connectivity index (χ0v) is 11.6. The van der Waals surface area contributed by atoms with E-state index in [1.807, 2.05) is 0 Å². The van der Waals surface area contributed by atoms with E-state index in [1.54, 1.807) is 0 Å². The molecule has 19 heavy (non-hydrogen) atoms. The summed E-state index contributed by atoms with van der Waals surface area (Å²) in [7, 11) is -3.51. The molecule has 0 saturated heterocycles. The molecule has 1 rings (SSSR count). The van der Waals surface area contributed by atoms with Gasteiger partial charge in [-0.05, 0) is 12.1 Å². The number of nitro benzene ring substituents is 1. The van der Waals surface area contributed by atoms with Gasteiger partial charge < -0.3 is 10.2 Å². The molecule has 0 radical (unpaired) electrons. The summed E-state index contributed by atoms with van der Waals surface area (Å²) in [5.41, 5.74) is -0.335. The van der Waals surface area contributed by atoms with Crippen LogP contribution in [0.5, 0.6) is 0 Å². The lowest BCUT2D eigenvalue weighted by Crippen LogP contribution is -2.14. The van der Waals surface area contributed by atoms with Crippen LogP contribution in [0.1, 0.15) is 0 Å². The van der Waals surface area contributed by atoms with Crippen LogP contribution in [0.2, 0.25) is 0 Å². The summed E-state index contributed by atoms with van der Waals surface area (Å²) in [6.45, 7) is -0.442. The summed E-state index contributed by atoms with van der Waals surface area (Å²) in [6, 6.07) is 3.59. The lowest BCUT2D eigenvalue weighted by Gasteiger charge is -2.07. The van der Waals surface area contributed by atoms with Crippen LogP contribution in [0.3, 0.4) is 0 Å². The monoisotopic (exact) mass is 307 g/mol. The predicted octanol–water partition coefficient (Wildman–Crippen LogP) is 0.444. The van der Waals surface area contributed by atoms with Gasteiger partial charge in [0.2, 0.25) is 0 Å². The molecule has 0 aliphatic heterocycles. The molecule has 1 aromatic carbocycles. The number of thioether (sulfide) groups is 1. The molecule has 106 valence electrons. The van der Waals surface area contributed by atoms with Gasteiger partial charge in [-0.1, -0.05) is 0 Å². The van der Waals surface area contributed by atoms with Gasteiger partial charge in [0.1, 0.15) is 0 Å². The number of aliphatic hydroxyl groups is 2. The zero-order valence-electron chi connectivity index (χ0n) is 10.0. The molecular weight excluding hydrogens is 294 g/mol. The van der Waals surface area contributed by atoms with E-state index in [4.69, 9.17) is 5.11 Å². The summed E-state index contributed by atoms with van der Waals surface area (Å²) >= 11 is 0.981. The molecule has 2 N–H and O–H groups in total. The molecule has 0 aliphatic rings. The van der Waals surface area contributed by atoms with Crippen molar-refractivity contribution in [1.82, 2.24) is 0 Å². The topological polar surface area (TPSA) is 118 Å². The van der Waals surface area contributed by atoms with Crippen molar-refractivity contribution in [2.75, 3.05) is 18.6 Å². The Bertz CT molecular complexity index is 571. The van der Waals surface area contributed by atoms with Gasteiger partial charge in [0.25, 0.3) is 5.69 Å². The Hall–Kier alpha value is -1.16. The van der Waals surface area contributed by atoms with Gasteiger partial charge in [0.15, 0.2) is 9.84 Å². The molecule has 0 aliphatic carbocycles. The number of hydrogen-bond donors (Lipinski definition) is 2. The molecule has 0 bridgehead atoms. The summed E-state index contributed by atoms with van der Waals surface area (Å²) in [5, 5.41) is 28.8. The number of sulfone groups is 1. The first kappa shape index (κ1) is 15.9. The van der Waals surface area contributed by atoms with Crippen LogP contribution in [0.25, 0.3) is 0 Å². The van der Waals surface area contributed by atoms with Crippen molar-refractivity contribution in [3.05, 3.63) is 28.3 Å². The third kappa shape index (κ3) is 4.46. The van der Waals surface area contributed by atoms with Gasteiger partial charge in [-0.3, -0.25) is 10.1 Å². The van der Waals surface area contributed by atoms with E-state index in [-0.39, 0.29) is 21.2 Å². The molecule has 0 amide bonds. The second-order valence-electron chi connectivity index (χ2n) is 3.81. The molecule has 0 aromatic heterocycles. The van der Waals surface area contributed by atoms with Crippen molar-refractivity contribution in [2.45, 2.75) is 15.9 Å². The molecule has 0 saturated carbocycles. The third-order valence-electron chi connectivity index (χ3n) is 2.20. The van der Waals surface area contributed by atoms with Crippen molar-refractivity contribution < 1.29 is 23.6 Å². The van der Waals surface area contributed by atoms with E-state index >= 15 is 0 Å². The molecule has 7 nitrogen and oxygen atoms in total. The lowest BCUT2D eigenvalue weighted by atomic mass is 10.3. The molecule has 9 heteroatoms. The second kappa shape index (κ2) is 6.33. The van der Waals surface area contributed by atoms with Gasteiger partial charge in [-0.15, -0.1) is 11.8 Å². The third-order valence-corrected chi connectivity index (χ3v) is 4.52. The number of nitro groups is 1. The van der Waals surface area contributed by atoms with Crippen LogP contribution in [0, 0.1) is 10.1 Å². The quantitative estimate of drug-likeness (QED) is 0.445. The maximum atomic E-state index is 11.3. The first-order valence-electron chi connectivity index (χ1n) is 5.16. The Morgan fingerprint density at radius 3 is 2.58 bits per heavy atom. The molecule has 1 atom stereocenters. The fourth-order valence-electron chi connectivity index (χ4n) is 1.23. The molecule has 0 spiro atoms. The normalized spacial score (nSPS) is 13.2. The number of aliphatic hydroxyl groups excluding tert-OH is 2. The highest BCUT2D eigenvalue weighted by Crippen LogP contribution is 2.31. The van der Waals surface area contributed by atoms with E-state index < -0.39 is 27.5 Å². The maximum Gasteiger partial charge on any atom is 0.284 e. The minimum Gasteiger partial charge on any atom is -0.394 e. The molecule has 0 heterocycles. The number of hydrogen-bond acceptors (Lipinski definition) is 7. The molecule has 1 aromatic rings. The van der Waals surface area contributed by atoms with Gasteiger partial charge >= 0.3 is 0 Å². The Labute approximate surface area is 114 Å². The van der Waals surface area contributed by atoms with Crippen molar-refractivity contribution in [2.24, 2.45) is 0 Å². The number of rotatable bonds is 6. The predicted molar refractivity (Wildman–Crippen MR) is 70.0 cm³/mol. The highest BCUT2D eigenvalue weighted by atomic mass is 32.2. The standard InChI is InChI=1S/C10H13NO6S2/c1-19(16,17)8-2-3-10(9(4-8)11(14)15)18-6-7(13)5-12/h2-4,7,12-13H,5-6H2,1H3. The van der Waals surface area contributed by atoms with Crippen LogP contribution in [0.15, 0.2) is 28.0 Å². The first-order valence-corrected chi connectivity index (χ1v) is 8.03. The van der Waals surface area contributed by atoms with E-state index in [0.29, 0.717) is 0 Å². The largest absolute Gasteiger partial charge is 0.394 e. The molecule has 0 fully saturated rings. The van der Waals surface area contributed by atoms with Crippen LogP contribution >= 0.6 is 11.8 Å². The van der Waals surface area contributed by atoms with Crippen LogP contribution in [0.4, 0.5) is 5.69 Å². The fourth-order valence-corrected chi connectivity index (χ4v) is 2.80. The van der Waals surface area contributed by atoms with Gasteiger partial charge in [-0.2, -0.15) is 0 Å². The Balaban J connectivity index is 3.09. The lowest BCUT2D eigenvalue weighted by molar-refractivity contribution is -0.388. The summed E-state index contributed by atoms with van der Waals surface area (Å²) in [5.74, 6) is 0.0789. The first-order chi connectivity index (χ1) is 8.75. The minimum atomic E-state index is -3.51. The van der Waals surface area contributed by atoms with Crippen molar-refractivity contribution in [3.63, 3.8) is 0 Å². The van der Waals surface area contributed by atoms with E-state index in [1.165, 1.54) is 12.1 Å². The summed E-state index contributed by atoms with van der Waals surface area (Å²) < 4.78 is 22.7. The minimum absolute atomic E-state index is 0.0789. The van der Waals surface area contributed by atoms with Crippen LogP contribution in [-0.2, 0) is 9.84 Å². The maximum absolute atomic E-state index is 11.3. The Morgan fingerprint density at radius 2 is 2.11 bits per heavy atom. The van der Waals surface area contributed by atoms with Crippen molar-refractivity contribution in [3.8, 4) is 0 Å². The fraction of sp³-hybridized carbons (Fsp3) is 0.400. The molecular formula is C10H13NO6S2. The van der Waals surface area contributed by atoms with Gasteiger partial charge in [0.05, 0.1) is 27.4 Å². The summed E-state index contributed by atoms with van der Waals surface area (Å²) in [6.07, 6.45) is -0.0202. The van der Waals surface area contributed by atoms with Crippen LogP contribution < -0.4 is 0 Å². The SMILES string of the molecule is CS(=O)(=O)c1ccc(SCC(O)CO)c([N+](=O)[O-])c1. The van der Waals surface area contributed by atoms with Gasteiger partial charge in [-0.25, -0.2) is 8.42 Å². The Kier molecular flexibility index (Phi) is 5.29. The smallest absolute Gasteiger partial charge is 0.284 e. The highest BCUT2D eigenvalue weighted by Gasteiger charge is 2.19.